The molecule has 0 aliphatic rings. The molecule has 6 nitrogen and oxygen atoms in total. The molecule has 6 heteroatoms. The number of quaternary nitrogens is 1. The van der Waals surface area contributed by atoms with Gasteiger partial charge in [0.1, 0.15) is 44.2 Å². The van der Waals surface area contributed by atoms with Crippen LogP contribution in [0, 0.1) is 0 Å². The molecule has 150 valence electrons. The molecule has 3 atom stereocenters. The van der Waals surface area contributed by atoms with Crippen molar-refractivity contribution >= 4 is 10.9 Å². The van der Waals surface area contributed by atoms with Crippen molar-refractivity contribution in [3.8, 4) is 5.75 Å². The lowest BCUT2D eigenvalue weighted by Gasteiger charge is -2.24. The first-order valence-corrected chi connectivity index (χ1v) is 9.68. The van der Waals surface area contributed by atoms with Gasteiger partial charge in [0, 0.05) is 11.7 Å². The molecule has 0 fully saturated rings. The van der Waals surface area contributed by atoms with E-state index in [0.29, 0.717) is 31.9 Å². The number of fused-ring (bicyclic) bond motifs is 1. The molecule has 0 spiro atoms. The summed E-state index contributed by atoms with van der Waals surface area (Å²) in [7, 11) is 0. The monoisotopic (exact) mass is 385 g/mol. The lowest BCUT2D eigenvalue weighted by molar-refractivity contribution is -0.906. The summed E-state index contributed by atoms with van der Waals surface area (Å²) < 4.78 is 7.63. The minimum absolute atomic E-state index is 0.000760. The Morgan fingerprint density at radius 1 is 0.893 bits per heavy atom. The lowest BCUT2D eigenvalue weighted by Crippen LogP contribution is -3.14. The van der Waals surface area contributed by atoms with Gasteiger partial charge in [0.05, 0.1) is 13.2 Å². The summed E-state index contributed by atoms with van der Waals surface area (Å²) in [6, 6.07) is 19.4. The maximum atomic E-state index is 10.6. The molecule has 0 aliphatic carbocycles. The zero-order valence-electron chi connectivity index (χ0n) is 15.9. The average molecular weight is 385 g/mol. The van der Waals surface area contributed by atoms with Gasteiger partial charge in [-0.3, -0.25) is 0 Å². The number of benzene rings is 2. The molecule has 1 aromatic heterocycles. The van der Waals surface area contributed by atoms with E-state index in [0.717, 1.165) is 15.8 Å². The van der Waals surface area contributed by atoms with Gasteiger partial charge in [0.25, 0.3) is 0 Å². The van der Waals surface area contributed by atoms with Crippen LogP contribution in [0.3, 0.4) is 0 Å². The minimum Gasteiger partial charge on any atom is -0.491 e. The zero-order valence-corrected chi connectivity index (χ0v) is 15.9. The van der Waals surface area contributed by atoms with Gasteiger partial charge in [0.15, 0.2) is 0 Å². The highest BCUT2D eigenvalue weighted by Gasteiger charge is 2.20. The molecule has 0 saturated heterocycles. The Bertz CT molecular complexity index is 837. The molecule has 1 unspecified atom stereocenters. The van der Waals surface area contributed by atoms with E-state index in [1.165, 1.54) is 0 Å². The number of nitrogens with one attached hydrogen (secondary N) is 1. The molecule has 3 aromatic rings. The van der Waals surface area contributed by atoms with Gasteiger partial charge in [-0.1, -0.05) is 36.4 Å². The van der Waals surface area contributed by atoms with Gasteiger partial charge in [-0.15, -0.1) is 0 Å². The van der Waals surface area contributed by atoms with Gasteiger partial charge in [-0.25, -0.2) is 0 Å². The van der Waals surface area contributed by atoms with Gasteiger partial charge in [0.2, 0.25) is 0 Å². The van der Waals surface area contributed by atoms with Crippen molar-refractivity contribution in [2.45, 2.75) is 18.8 Å². The summed E-state index contributed by atoms with van der Waals surface area (Å²) in [5, 5.41) is 31.4. The average Bonchev–Trinajstić information content (AvgIpc) is 3.10. The van der Waals surface area contributed by atoms with Gasteiger partial charge >= 0.3 is 0 Å². The van der Waals surface area contributed by atoms with Crippen LogP contribution in [0.25, 0.3) is 10.9 Å². The third-order valence-electron chi connectivity index (χ3n) is 4.79. The van der Waals surface area contributed by atoms with Gasteiger partial charge < -0.3 is 29.5 Å². The molecular formula is C22H29N2O4+. The first-order valence-electron chi connectivity index (χ1n) is 9.68. The summed E-state index contributed by atoms with van der Waals surface area (Å²) in [6.07, 6.45) is 0.711. The molecule has 0 radical (unpaired) electrons. The Morgan fingerprint density at radius 3 is 2.39 bits per heavy atom. The van der Waals surface area contributed by atoms with E-state index in [1.54, 1.807) is 0 Å². The molecule has 2 aromatic carbocycles. The molecule has 0 saturated carbocycles. The summed E-state index contributed by atoms with van der Waals surface area (Å²) in [4.78, 5) is 0.940. The smallest absolute Gasteiger partial charge is 0.137 e. The third-order valence-corrected chi connectivity index (χ3v) is 4.79. The molecule has 4 N–H and O–H groups in total. The summed E-state index contributed by atoms with van der Waals surface area (Å²) in [5.74, 6) is 0.713. The van der Waals surface area contributed by atoms with Crippen LogP contribution in [0.2, 0.25) is 0 Å². The number of hydrogen-bond donors (Lipinski definition) is 4. The largest absolute Gasteiger partial charge is 0.491 e. The standard InChI is InChI=1S/C22H28N2O4/c25-13-12-23(15-20(27)17-28-21-7-2-1-3-8-21)14-19(26)16-24-11-10-18-6-4-5-9-22(18)24/h1-11,19-20,25-27H,12-17H2/p+1/t19-,20+/m0/s1. The summed E-state index contributed by atoms with van der Waals surface area (Å²) >= 11 is 0. The van der Waals surface area contributed by atoms with Crippen molar-refractivity contribution in [2.75, 3.05) is 32.8 Å². The van der Waals surface area contributed by atoms with Crippen molar-refractivity contribution in [3.05, 3.63) is 66.9 Å². The van der Waals surface area contributed by atoms with Crippen LogP contribution in [0.1, 0.15) is 0 Å². The normalized spacial score (nSPS) is 14.7. The fourth-order valence-electron chi connectivity index (χ4n) is 3.47. The van der Waals surface area contributed by atoms with Gasteiger partial charge in [-0.05, 0) is 29.7 Å². The topological polar surface area (TPSA) is 79.3 Å². The maximum Gasteiger partial charge on any atom is 0.137 e. The van der Waals surface area contributed by atoms with Crippen LogP contribution in [0.5, 0.6) is 5.75 Å². The SMILES string of the molecule is OCC[NH+](C[C@H](O)Cn1ccc2ccccc21)C[C@@H](O)COc1ccccc1. The number of ether oxygens (including phenoxy) is 1. The van der Waals surface area contributed by atoms with Crippen molar-refractivity contribution in [1.82, 2.24) is 4.57 Å². The first-order chi connectivity index (χ1) is 13.7. The van der Waals surface area contributed by atoms with E-state index in [-0.39, 0.29) is 13.2 Å². The predicted octanol–water partition coefficient (Wildman–Crippen LogP) is 0.319. The highest BCUT2D eigenvalue weighted by molar-refractivity contribution is 5.79. The molecule has 3 rings (SSSR count). The van der Waals surface area contributed by atoms with E-state index < -0.39 is 12.2 Å². The third kappa shape index (κ3) is 5.81. The number of aliphatic hydroxyl groups is 3. The maximum absolute atomic E-state index is 10.6. The van der Waals surface area contributed by atoms with Crippen molar-refractivity contribution in [1.29, 1.82) is 0 Å². The summed E-state index contributed by atoms with van der Waals surface area (Å²) in [5.41, 5.74) is 1.08. The highest BCUT2D eigenvalue weighted by Crippen LogP contribution is 2.15. The zero-order chi connectivity index (χ0) is 19.8. The van der Waals surface area contributed by atoms with Crippen molar-refractivity contribution in [3.63, 3.8) is 0 Å². The lowest BCUT2D eigenvalue weighted by atomic mass is 10.2. The number of rotatable bonds is 11. The Morgan fingerprint density at radius 2 is 1.61 bits per heavy atom. The summed E-state index contributed by atoms with van der Waals surface area (Å²) in [6.45, 7) is 1.95. The molecule has 0 amide bonds. The van der Waals surface area contributed by atoms with E-state index in [2.05, 4.69) is 0 Å². The number of hydrogen-bond acceptors (Lipinski definition) is 4. The van der Waals surface area contributed by atoms with E-state index in [4.69, 9.17) is 4.74 Å². The van der Waals surface area contributed by atoms with E-state index in [1.807, 2.05) is 71.4 Å². The van der Waals surface area contributed by atoms with Crippen LogP contribution < -0.4 is 9.64 Å². The molecular weight excluding hydrogens is 356 g/mol. The molecule has 0 bridgehead atoms. The molecule has 1 heterocycles. The second kappa shape index (κ2) is 10.2. The first kappa shape index (κ1) is 20.4. The number of aromatic nitrogens is 1. The number of para-hydroxylation sites is 2. The quantitative estimate of drug-likeness (QED) is 0.383. The fourth-order valence-corrected chi connectivity index (χ4v) is 3.47. The second-order valence-electron chi connectivity index (χ2n) is 7.09. The van der Waals surface area contributed by atoms with Crippen molar-refractivity contribution < 1.29 is 25.0 Å². The van der Waals surface area contributed by atoms with Crippen LogP contribution >= 0.6 is 0 Å². The van der Waals surface area contributed by atoms with E-state index >= 15 is 0 Å². The van der Waals surface area contributed by atoms with Gasteiger partial charge in [-0.2, -0.15) is 0 Å². The van der Waals surface area contributed by atoms with Crippen LogP contribution in [-0.2, 0) is 6.54 Å². The molecule has 0 aliphatic heterocycles. The predicted molar refractivity (Wildman–Crippen MR) is 109 cm³/mol. The minimum atomic E-state index is -0.679. The highest BCUT2D eigenvalue weighted by atomic mass is 16.5. The Labute approximate surface area is 165 Å². The number of nitrogens with zero attached hydrogens (tertiary/aromatic N) is 1. The Hall–Kier alpha value is -2.38. The number of aliphatic hydroxyl groups excluding tert-OH is 3. The van der Waals surface area contributed by atoms with E-state index in [9.17, 15) is 15.3 Å². The fraction of sp³-hybridized carbons (Fsp3) is 0.364. The second-order valence-corrected chi connectivity index (χ2v) is 7.09. The Balaban J connectivity index is 1.51. The van der Waals surface area contributed by atoms with Crippen LogP contribution in [0.4, 0.5) is 0 Å². The van der Waals surface area contributed by atoms with Crippen molar-refractivity contribution in [2.24, 2.45) is 0 Å². The van der Waals surface area contributed by atoms with Crippen LogP contribution in [-0.4, -0.2) is 64.9 Å². The molecule has 28 heavy (non-hydrogen) atoms. The Kier molecular flexibility index (Phi) is 7.45. The van der Waals surface area contributed by atoms with Crippen LogP contribution in [0.15, 0.2) is 66.9 Å².